The van der Waals surface area contributed by atoms with Crippen molar-refractivity contribution < 1.29 is 4.39 Å². The highest BCUT2D eigenvalue weighted by Crippen LogP contribution is 2.44. The van der Waals surface area contributed by atoms with E-state index < -0.39 is 0 Å². The Morgan fingerprint density at radius 3 is 2.52 bits per heavy atom. The Hall–Kier alpha value is -4.04. The Bertz CT molecular complexity index is 1870. The number of pyridine rings is 2. The molecule has 0 atom stereocenters. The van der Waals surface area contributed by atoms with Crippen molar-refractivity contribution in [2.45, 2.75) is 63.3 Å². The number of rotatable bonds is 7. The Morgan fingerprint density at radius 1 is 0.976 bits per heavy atom. The van der Waals surface area contributed by atoms with Gasteiger partial charge in [-0.2, -0.15) is 0 Å². The number of hydrogen-bond donors (Lipinski definition) is 1. The fourth-order valence-electron chi connectivity index (χ4n) is 6.61. The molecule has 5 aromatic rings. The molecule has 2 aliphatic carbocycles. The minimum atomic E-state index is -0.309. The predicted molar refractivity (Wildman–Crippen MR) is 162 cm³/mol. The van der Waals surface area contributed by atoms with Gasteiger partial charge in [-0.1, -0.05) is 12.5 Å². The molecule has 1 aromatic carbocycles. The second-order valence-corrected chi connectivity index (χ2v) is 12.4. The van der Waals surface area contributed by atoms with Crippen LogP contribution >= 0.6 is 0 Å². The smallest absolute Gasteiger partial charge is 0.280 e. The topological polar surface area (TPSA) is 71.7 Å². The van der Waals surface area contributed by atoms with Crippen LogP contribution in [0.25, 0.3) is 39.2 Å². The first-order valence-corrected chi connectivity index (χ1v) is 15.3. The van der Waals surface area contributed by atoms with Crippen LogP contribution in [0.5, 0.6) is 0 Å². The first-order chi connectivity index (χ1) is 20.5. The number of aryl methyl sites for hydroxylation is 1. The molecule has 7 nitrogen and oxygen atoms in total. The number of aromatic amines is 1. The summed E-state index contributed by atoms with van der Waals surface area (Å²) in [6.45, 7) is 3.07. The molecule has 4 aromatic heterocycles. The third kappa shape index (κ3) is 4.67. The van der Waals surface area contributed by atoms with Crippen LogP contribution in [-0.4, -0.2) is 42.1 Å². The van der Waals surface area contributed by atoms with Gasteiger partial charge in [0, 0.05) is 60.4 Å². The number of aromatic nitrogens is 5. The molecule has 0 radical (unpaired) electrons. The van der Waals surface area contributed by atoms with Gasteiger partial charge in [0.15, 0.2) is 0 Å². The zero-order valence-electron chi connectivity index (χ0n) is 23.9. The van der Waals surface area contributed by atoms with Crippen molar-refractivity contribution in [1.29, 1.82) is 0 Å². The molecule has 1 N–H and O–H groups in total. The summed E-state index contributed by atoms with van der Waals surface area (Å²) in [4.78, 5) is 29.7. The second kappa shape index (κ2) is 10.1. The third-order valence-corrected chi connectivity index (χ3v) is 9.17. The van der Waals surface area contributed by atoms with Crippen LogP contribution in [0.15, 0.2) is 59.8 Å². The van der Waals surface area contributed by atoms with E-state index in [1.165, 1.54) is 30.9 Å². The lowest BCUT2D eigenvalue weighted by Crippen LogP contribution is -2.29. The first-order valence-electron chi connectivity index (χ1n) is 15.3. The van der Waals surface area contributed by atoms with E-state index in [2.05, 4.69) is 27.0 Å². The molecule has 0 spiro atoms. The zero-order valence-corrected chi connectivity index (χ0v) is 23.9. The third-order valence-electron chi connectivity index (χ3n) is 9.17. The lowest BCUT2D eigenvalue weighted by Gasteiger charge is -2.25. The van der Waals surface area contributed by atoms with Gasteiger partial charge in [0.1, 0.15) is 23.0 Å². The van der Waals surface area contributed by atoms with Crippen LogP contribution in [0.2, 0.25) is 0 Å². The number of hydrogen-bond acceptors (Lipinski definition) is 4. The van der Waals surface area contributed by atoms with E-state index in [0.717, 1.165) is 78.8 Å². The Morgan fingerprint density at radius 2 is 1.79 bits per heavy atom. The lowest BCUT2D eigenvalue weighted by molar-refractivity contribution is 0.219. The van der Waals surface area contributed by atoms with Crippen molar-refractivity contribution in [3.8, 4) is 28.3 Å². The number of piperidine rings is 1. The molecule has 8 rings (SSSR count). The first kappa shape index (κ1) is 25.7. The SMILES string of the molecule is Cn1ccnc1-c1cc(F)ccc1-c1cc(C2CC2)nc(-n2cc(C3CC3)c3cc(CN4CCCCC4)[nH]c3c2=O)c1. The maximum absolute atomic E-state index is 14.5. The number of nitrogens with one attached hydrogen (secondary N) is 1. The fraction of sp³-hybridized carbons (Fsp3) is 0.382. The molecular weight excluding hydrogens is 527 g/mol. The van der Waals surface area contributed by atoms with Gasteiger partial charge < -0.3 is 9.55 Å². The highest BCUT2D eigenvalue weighted by atomic mass is 19.1. The van der Waals surface area contributed by atoms with E-state index in [1.54, 1.807) is 16.8 Å². The van der Waals surface area contributed by atoms with E-state index in [4.69, 9.17) is 4.98 Å². The van der Waals surface area contributed by atoms with E-state index in [9.17, 15) is 9.18 Å². The maximum Gasteiger partial charge on any atom is 0.280 e. The number of fused-ring (bicyclic) bond motifs is 1. The maximum atomic E-state index is 14.5. The van der Waals surface area contributed by atoms with Gasteiger partial charge in [-0.25, -0.2) is 14.4 Å². The van der Waals surface area contributed by atoms with Gasteiger partial charge in [-0.05, 0) is 105 Å². The van der Waals surface area contributed by atoms with Crippen molar-refractivity contribution in [3.63, 3.8) is 0 Å². The summed E-state index contributed by atoms with van der Waals surface area (Å²) in [5.74, 6) is 1.85. The van der Waals surface area contributed by atoms with Gasteiger partial charge in [0.05, 0.1) is 0 Å². The second-order valence-electron chi connectivity index (χ2n) is 12.4. The minimum Gasteiger partial charge on any atom is -0.353 e. The quantitative estimate of drug-likeness (QED) is 0.241. The summed E-state index contributed by atoms with van der Waals surface area (Å²) >= 11 is 0. The number of halogens is 1. The van der Waals surface area contributed by atoms with Crippen LogP contribution < -0.4 is 5.56 Å². The minimum absolute atomic E-state index is 0.0749. The summed E-state index contributed by atoms with van der Waals surface area (Å²) < 4.78 is 18.2. The molecule has 2 saturated carbocycles. The summed E-state index contributed by atoms with van der Waals surface area (Å²) in [6.07, 6.45) is 13.9. The molecule has 3 aliphatic rings. The summed E-state index contributed by atoms with van der Waals surface area (Å²) in [5, 5.41) is 1.06. The van der Waals surface area contributed by atoms with Crippen molar-refractivity contribution in [2.75, 3.05) is 13.1 Å². The van der Waals surface area contributed by atoms with Crippen LogP contribution in [0.3, 0.4) is 0 Å². The van der Waals surface area contributed by atoms with E-state index in [-0.39, 0.29) is 11.4 Å². The molecule has 8 heteroatoms. The molecule has 1 saturated heterocycles. The number of likely N-dealkylation sites (tertiary alicyclic amines) is 1. The summed E-state index contributed by atoms with van der Waals surface area (Å²) in [7, 11) is 1.91. The van der Waals surface area contributed by atoms with Crippen molar-refractivity contribution in [3.05, 3.63) is 88.1 Å². The van der Waals surface area contributed by atoms with Crippen molar-refractivity contribution in [1.82, 2.24) is 29.0 Å². The van der Waals surface area contributed by atoms with Gasteiger partial charge >= 0.3 is 0 Å². The Kier molecular flexibility index (Phi) is 6.14. The number of imidazole rings is 1. The van der Waals surface area contributed by atoms with Crippen molar-refractivity contribution >= 4 is 10.9 Å². The zero-order chi connectivity index (χ0) is 28.4. The highest BCUT2D eigenvalue weighted by Gasteiger charge is 2.30. The van der Waals surface area contributed by atoms with Gasteiger partial charge in [-0.15, -0.1) is 0 Å². The molecule has 1 aliphatic heterocycles. The van der Waals surface area contributed by atoms with E-state index >= 15 is 0 Å². The van der Waals surface area contributed by atoms with E-state index in [1.807, 2.05) is 36.1 Å². The van der Waals surface area contributed by atoms with Crippen LogP contribution in [-0.2, 0) is 13.6 Å². The molecule has 0 amide bonds. The average Bonchev–Trinajstić information content (AvgIpc) is 3.93. The lowest BCUT2D eigenvalue weighted by atomic mass is 9.98. The normalized spacial score (nSPS) is 17.8. The van der Waals surface area contributed by atoms with Crippen LogP contribution in [0, 0.1) is 5.82 Å². The molecule has 42 heavy (non-hydrogen) atoms. The molecule has 0 bridgehead atoms. The Balaban J connectivity index is 1.28. The number of nitrogens with zero attached hydrogens (tertiary/aromatic N) is 5. The molecule has 3 fully saturated rings. The number of benzene rings is 1. The Labute approximate surface area is 244 Å². The van der Waals surface area contributed by atoms with Crippen LogP contribution in [0.1, 0.15) is 73.7 Å². The fourth-order valence-corrected chi connectivity index (χ4v) is 6.61. The van der Waals surface area contributed by atoms with Crippen molar-refractivity contribution in [2.24, 2.45) is 7.05 Å². The highest BCUT2D eigenvalue weighted by molar-refractivity contribution is 5.85. The number of H-pyrrole nitrogens is 1. The van der Waals surface area contributed by atoms with Gasteiger partial charge in [0.2, 0.25) is 0 Å². The summed E-state index contributed by atoms with van der Waals surface area (Å²) in [5.41, 5.74) is 6.41. The van der Waals surface area contributed by atoms with Crippen LogP contribution in [0.4, 0.5) is 4.39 Å². The molecule has 0 unspecified atom stereocenters. The molecule has 5 heterocycles. The predicted octanol–water partition coefficient (Wildman–Crippen LogP) is 6.66. The molecular formula is C34H35FN6O. The standard InChI is InChI=1S/C34H35FN6O/c1-39-14-11-36-33(39)28-17-24(35)9-10-26(28)23-15-30(22-7-8-22)38-31(16-23)41-20-29(21-5-6-21)27-18-25(37-32(27)34(41)42)19-40-12-3-2-4-13-40/h9-11,14-18,20-22,37H,2-8,12-13,19H2,1H3. The summed E-state index contributed by atoms with van der Waals surface area (Å²) in [6, 6.07) is 11.1. The van der Waals surface area contributed by atoms with Gasteiger partial charge in [0.25, 0.3) is 5.56 Å². The van der Waals surface area contributed by atoms with Gasteiger partial charge in [-0.3, -0.25) is 14.3 Å². The van der Waals surface area contributed by atoms with E-state index in [0.29, 0.717) is 29.0 Å². The average molecular weight is 563 g/mol. The molecule has 214 valence electrons. The monoisotopic (exact) mass is 562 g/mol. The largest absolute Gasteiger partial charge is 0.353 e.